The van der Waals surface area contributed by atoms with Gasteiger partial charge >= 0.3 is 0 Å². The number of amides is 1. The minimum absolute atomic E-state index is 0.102. The fourth-order valence-electron chi connectivity index (χ4n) is 3.99. The molecule has 0 bridgehead atoms. The van der Waals surface area contributed by atoms with E-state index in [2.05, 4.69) is 6.92 Å². The molecule has 2 aliphatic rings. The van der Waals surface area contributed by atoms with Gasteiger partial charge in [0.1, 0.15) is 0 Å². The van der Waals surface area contributed by atoms with Gasteiger partial charge in [0.15, 0.2) is 0 Å². The van der Waals surface area contributed by atoms with Crippen LogP contribution < -0.4 is 0 Å². The average Bonchev–Trinajstić information content (AvgIpc) is 3.47. The first-order valence-electron chi connectivity index (χ1n) is 9.80. The summed E-state index contributed by atoms with van der Waals surface area (Å²) in [6.45, 7) is 2.23. The zero-order valence-electron chi connectivity index (χ0n) is 16.3. The topological polar surface area (TPSA) is 57.7 Å². The lowest BCUT2D eigenvalue weighted by Crippen LogP contribution is -2.44. The summed E-state index contributed by atoms with van der Waals surface area (Å²) >= 11 is 6.32. The molecule has 3 rings (SSSR count). The lowest BCUT2D eigenvalue weighted by atomic mass is 9.83. The van der Waals surface area contributed by atoms with E-state index < -0.39 is 10.0 Å². The molecule has 150 valence electrons. The molecule has 1 amide bonds. The molecule has 1 aromatic carbocycles. The third-order valence-electron chi connectivity index (χ3n) is 5.91. The Morgan fingerprint density at radius 1 is 1.07 bits per heavy atom. The number of sulfonamides is 1. The fraction of sp³-hybridized carbons (Fsp3) is 0.650. The predicted molar refractivity (Wildman–Crippen MR) is 108 cm³/mol. The van der Waals surface area contributed by atoms with Crippen molar-refractivity contribution in [2.45, 2.75) is 68.8 Å². The van der Waals surface area contributed by atoms with Gasteiger partial charge in [0, 0.05) is 26.2 Å². The molecular weight excluding hydrogens is 384 g/mol. The molecule has 2 fully saturated rings. The molecule has 2 saturated carbocycles. The predicted octanol–water partition coefficient (Wildman–Crippen LogP) is 4.16. The monoisotopic (exact) mass is 412 g/mol. The highest BCUT2D eigenvalue weighted by Gasteiger charge is 2.39. The van der Waals surface area contributed by atoms with Gasteiger partial charge in [-0.05, 0) is 62.6 Å². The Labute approximate surface area is 167 Å². The highest BCUT2D eigenvalue weighted by atomic mass is 35.5. The lowest BCUT2D eigenvalue weighted by molar-refractivity contribution is 0.0587. The lowest BCUT2D eigenvalue weighted by Gasteiger charge is -2.37. The van der Waals surface area contributed by atoms with E-state index in [1.165, 1.54) is 38.7 Å². The van der Waals surface area contributed by atoms with Gasteiger partial charge in [-0.2, -0.15) is 0 Å². The van der Waals surface area contributed by atoms with Crippen LogP contribution >= 0.6 is 11.6 Å². The summed E-state index contributed by atoms with van der Waals surface area (Å²) < 4.78 is 26.1. The fourth-order valence-corrected chi connectivity index (χ4v) is 5.12. The van der Waals surface area contributed by atoms with E-state index in [1.54, 1.807) is 0 Å². The van der Waals surface area contributed by atoms with Gasteiger partial charge in [0.25, 0.3) is 5.91 Å². The Hall–Kier alpha value is -1.11. The molecule has 7 heteroatoms. The van der Waals surface area contributed by atoms with Crippen molar-refractivity contribution in [3.8, 4) is 0 Å². The largest absolute Gasteiger partial charge is 0.333 e. The first-order chi connectivity index (χ1) is 12.8. The molecule has 0 unspecified atom stereocenters. The van der Waals surface area contributed by atoms with E-state index in [9.17, 15) is 13.2 Å². The highest BCUT2D eigenvalue weighted by molar-refractivity contribution is 7.89. The summed E-state index contributed by atoms with van der Waals surface area (Å²) in [7, 11) is -0.651. The van der Waals surface area contributed by atoms with Crippen LogP contribution in [-0.2, 0) is 10.0 Å². The third-order valence-corrected chi connectivity index (χ3v) is 8.05. The van der Waals surface area contributed by atoms with E-state index in [4.69, 9.17) is 11.6 Å². The molecular formula is C20H29ClN2O3S. The average molecular weight is 413 g/mol. The van der Waals surface area contributed by atoms with Gasteiger partial charge in [-0.25, -0.2) is 12.7 Å². The van der Waals surface area contributed by atoms with Crippen LogP contribution in [-0.4, -0.2) is 49.7 Å². The minimum Gasteiger partial charge on any atom is -0.333 e. The van der Waals surface area contributed by atoms with Crippen LogP contribution in [0.5, 0.6) is 0 Å². The summed E-state index contributed by atoms with van der Waals surface area (Å²) in [5.74, 6) is 0.632. The number of nitrogens with zero attached hydrogens (tertiary/aromatic N) is 2. The summed E-state index contributed by atoms with van der Waals surface area (Å²) in [4.78, 5) is 15.5. The normalized spacial score (nSPS) is 23.4. The van der Waals surface area contributed by atoms with Gasteiger partial charge in [-0.1, -0.05) is 24.9 Å². The summed E-state index contributed by atoms with van der Waals surface area (Å²) in [6, 6.07) is 4.92. The van der Waals surface area contributed by atoms with E-state index in [1.807, 2.05) is 4.90 Å². The molecule has 2 aliphatic carbocycles. The number of carbonyl (C=O) groups is 1. The van der Waals surface area contributed by atoms with Gasteiger partial charge in [0.05, 0.1) is 15.5 Å². The molecule has 0 saturated heterocycles. The highest BCUT2D eigenvalue weighted by Crippen LogP contribution is 2.38. The Bertz CT molecular complexity index is 797. The first-order valence-corrected chi connectivity index (χ1v) is 11.6. The van der Waals surface area contributed by atoms with E-state index in [0.717, 1.165) is 48.7 Å². The van der Waals surface area contributed by atoms with Crippen molar-refractivity contribution < 1.29 is 13.2 Å². The Balaban J connectivity index is 1.89. The van der Waals surface area contributed by atoms with Crippen molar-refractivity contribution in [2.24, 2.45) is 5.92 Å². The Morgan fingerprint density at radius 2 is 1.63 bits per heavy atom. The van der Waals surface area contributed by atoms with Crippen molar-refractivity contribution in [1.29, 1.82) is 0 Å². The quantitative estimate of drug-likeness (QED) is 0.704. The van der Waals surface area contributed by atoms with Crippen molar-refractivity contribution in [3.63, 3.8) is 0 Å². The zero-order valence-corrected chi connectivity index (χ0v) is 17.9. The zero-order chi connectivity index (χ0) is 19.8. The molecule has 0 radical (unpaired) electrons. The van der Waals surface area contributed by atoms with Crippen molar-refractivity contribution in [3.05, 3.63) is 28.8 Å². The number of rotatable bonds is 6. The van der Waals surface area contributed by atoms with E-state index in [-0.39, 0.29) is 22.9 Å². The SMILES string of the molecule is CCC1CCC(N(C(=O)c2cc(S(=O)(=O)N(C)C)ccc2Cl)C2CC2)CC1. The minimum atomic E-state index is -3.61. The second-order valence-corrected chi connectivity index (χ2v) is 10.5. The summed E-state index contributed by atoms with van der Waals surface area (Å²) in [5.41, 5.74) is 0.295. The maximum Gasteiger partial charge on any atom is 0.255 e. The molecule has 27 heavy (non-hydrogen) atoms. The first kappa shape index (κ1) is 20.6. The van der Waals surface area contributed by atoms with Crippen LogP contribution in [0, 0.1) is 5.92 Å². The standard InChI is InChI=1S/C20H29ClN2O3S/c1-4-14-5-7-15(8-6-14)23(16-9-10-16)20(24)18-13-17(11-12-19(18)21)27(25,26)22(2)3/h11-16H,4-10H2,1-3H3. The maximum absolute atomic E-state index is 13.4. The second kappa shape index (κ2) is 8.10. The second-order valence-electron chi connectivity index (χ2n) is 7.96. The number of carbonyl (C=O) groups excluding carboxylic acids is 1. The Morgan fingerprint density at radius 3 is 2.11 bits per heavy atom. The summed E-state index contributed by atoms with van der Waals surface area (Å²) in [5, 5.41) is 0.311. The molecule has 0 heterocycles. The van der Waals surface area contributed by atoms with Crippen LogP contribution in [0.1, 0.15) is 62.2 Å². The van der Waals surface area contributed by atoms with Gasteiger partial charge in [-0.3, -0.25) is 4.79 Å². The van der Waals surface area contributed by atoms with Crippen LogP contribution in [0.3, 0.4) is 0 Å². The number of hydrogen-bond donors (Lipinski definition) is 0. The molecule has 0 N–H and O–H groups in total. The molecule has 0 aliphatic heterocycles. The van der Waals surface area contributed by atoms with Gasteiger partial charge in [-0.15, -0.1) is 0 Å². The molecule has 0 atom stereocenters. The molecule has 1 aromatic rings. The van der Waals surface area contributed by atoms with Crippen LogP contribution in [0.4, 0.5) is 0 Å². The smallest absolute Gasteiger partial charge is 0.255 e. The molecule has 0 aromatic heterocycles. The molecule has 0 spiro atoms. The van der Waals surface area contributed by atoms with Gasteiger partial charge < -0.3 is 4.90 Å². The third kappa shape index (κ3) is 4.33. The molecule has 5 nitrogen and oxygen atoms in total. The van der Waals surface area contributed by atoms with Crippen molar-refractivity contribution in [1.82, 2.24) is 9.21 Å². The number of halogens is 1. The van der Waals surface area contributed by atoms with Crippen LogP contribution in [0.25, 0.3) is 0 Å². The van der Waals surface area contributed by atoms with E-state index >= 15 is 0 Å². The van der Waals surface area contributed by atoms with E-state index in [0.29, 0.717) is 10.6 Å². The van der Waals surface area contributed by atoms with Crippen molar-refractivity contribution in [2.75, 3.05) is 14.1 Å². The summed E-state index contributed by atoms with van der Waals surface area (Å²) in [6.07, 6.45) is 7.59. The van der Waals surface area contributed by atoms with Crippen LogP contribution in [0.15, 0.2) is 23.1 Å². The number of benzene rings is 1. The van der Waals surface area contributed by atoms with Crippen LogP contribution in [0.2, 0.25) is 5.02 Å². The Kier molecular flexibility index (Phi) is 6.18. The van der Waals surface area contributed by atoms with Crippen molar-refractivity contribution >= 4 is 27.5 Å². The number of hydrogen-bond acceptors (Lipinski definition) is 3. The maximum atomic E-state index is 13.4. The van der Waals surface area contributed by atoms with Gasteiger partial charge in [0.2, 0.25) is 10.0 Å².